The predicted molar refractivity (Wildman–Crippen MR) is 62.4 cm³/mol. The van der Waals surface area contributed by atoms with Crippen molar-refractivity contribution in [2.24, 2.45) is 0 Å². The summed E-state index contributed by atoms with van der Waals surface area (Å²) in [4.78, 5) is 10.6. The Morgan fingerprint density at radius 3 is 2.50 bits per heavy atom. The molecular formula is C10H10Br2O2. The molecule has 0 N–H and O–H groups in total. The van der Waals surface area contributed by atoms with E-state index in [-0.39, 0.29) is 10.8 Å². The first-order valence-corrected chi connectivity index (χ1v) is 5.83. The van der Waals surface area contributed by atoms with Crippen molar-refractivity contribution in [3.05, 3.63) is 34.3 Å². The van der Waals surface area contributed by atoms with E-state index in [9.17, 15) is 4.79 Å². The lowest BCUT2D eigenvalue weighted by Crippen LogP contribution is -2.05. The minimum Gasteiger partial charge on any atom is -0.464 e. The summed E-state index contributed by atoms with van der Waals surface area (Å²) in [6.45, 7) is 1.76. The number of hydrogen-bond acceptors (Lipinski definition) is 2. The Kier molecular flexibility index (Phi) is 4.62. The molecule has 1 aromatic rings. The van der Waals surface area contributed by atoms with Gasteiger partial charge >= 0.3 is 5.97 Å². The van der Waals surface area contributed by atoms with Crippen LogP contribution in [0.3, 0.4) is 0 Å². The Labute approximate surface area is 99.9 Å². The summed E-state index contributed by atoms with van der Waals surface area (Å²) in [6.07, 6.45) is 0. The number of ether oxygens (including phenoxy) is 1. The molecule has 0 bridgehead atoms. The lowest BCUT2D eigenvalue weighted by Gasteiger charge is -2.09. The third-order valence-electron chi connectivity index (χ3n) is 1.66. The van der Waals surface area contributed by atoms with E-state index in [4.69, 9.17) is 4.74 Å². The van der Waals surface area contributed by atoms with Crippen LogP contribution in [0.2, 0.25) is 0 Å². The van der Waals surface area contributed by atoms with E-state index < -0.39 is 0 Å². The first-order valence-electron chi connectivity index (χ1n) is 4.12. The van der Waals surface area contributed by atoms with Gasteiger partial charge in [0.05, 0.1) is 4.83 Å². The number of hydrogen-bond donors (Lipinski definition) is 0. The normalized spacial score (nSPS) is 12.2. The molecule has 14 heavy (non-hydrogen) atoms. The van der Waals surface area contributed by atoms with Crippen molar-refractivity contribution in [2.45, 2.75) is 11.8 Å². The molecule has 4 heteroatoms. The van der Waals surface area contributed by atoms with E-state index in [2.05, 4.69) is 31.9 Å². The van der Waals surface area contributed by atoms with E-state index in [1.165, 1.54) is 6.92 Å². The average Bonchev–Trinajstić information content (AvgIpc) is 2.15. The fraction of sp³-hybridized carbons (Fsp3) is 0.300. The zero-order chi connectivity index (χ0) is 10.6. The fourth-order valence-electron chi connectivity index (χ4n) is 0.958. The summed E-state index contributed by atoms with van der Waals surface area (Å²) in [5.41, 5.74) is 1.09. The zero-order valence-corrected chi connectivity index (χ0v) is 10.8. The molecule has 2 nitrogen and oxygen atoms in total. The molecule has 1 unspecified atom stereocenters. The standard InChI is InChI=1S/C10H10Br2O2/c1-7(13)14-6-10(12)8-2-4-9(11)5-3-8/h2-5,10H,6H2,1H3. The van der Waals surface area contributed by atoms with Gasteiger partial charge in [0.25, 0.3) is 0 Å². The third-order valence-corrected chi connectivity index (χ3v) is 2.99. The van der Waals surface area contributed by atoms with Gasteiger partial charge in [0.15, 0.2) is 0 Å². The maximum atomic E-state index is 10.6. The first kappa shape index (κ1) is 11.7. The number of benzene rings is 1. The summed E-state index contributed by atoms with van der Waals surface area (Å²) >= 11 is 6.80. The summed E-state index contributed by atoms with van der Waals surface area (Å²) < 4.78 is 5.93. The molecule has 0 aliphatic rings. The Bertz CT molecular complexity index is 308. The van der Waals surface area contributed by atoms with Crippen LogP contribution in [0.25, 0.3) is 0 Å². The highest BCUT2D eigenvalue weighted by atomic mass is 79.9. The molecule has 1 rings (SSSR count). The molecular weight excluding hydrogens is 312 g/mol. The van der Waals surface area contributed by atoms with Crippen molar-refractivity contribution in [1.82, 2.24) is 0 Å². The van der Waals surface area contributed by atoms with Crippen molar-refractivity contribution >= 4 is 37.8 Å². The molecule has 0 saturated carbocycles. The van der Waals surface area contributed by atoms with Gasteiger partial charge in [-0.1, -0.05) is 44.0 Å². The second-order valence-electron chi connectivity index (χ2n) is 2.82. The van der Waals surface area contributed by atoms with Crippen LogP contribution in [0.15, 0.2) is 28.7 Å². The monoisotopic (exact) mass is 320 g/mol. The van der Waals surface area contributed by atoms with Crippen LogP contribution in [-0.2, 0) is 9.53 Å². The van der Waals surface area contributed by atoms with Gasteiger partial charge in [0.1, 0.15) is 6.61 Å². The topological polar surface area (TPSA) is 26.3 Å². The second-order valence-corrected chi connectivity index (χ2v) is 4.84. The van der Waals surface area contributed by atoms with Crippen LogP contribution < -0.4 is 0 Å². The van der Waals surface area contributed by atoms with Gasteiger partial charge < -0.3 is 4.74 Å². The number of esters is 1. The van der Waals surface area contributed by atoms with Gasteiger partial charge in [-0.05, 0) is 17.7 Å². The van der Waals surface area contributed by atoms with Gasteiger partial charge in [-0.15, -0.1) is 0 Å². The smallest absolute Gasteiger partial charge is 0.302 e. The van der Waals surface area contributed by atoms with Crippen LogP contribution in [0, 0.1) is 0 Å². The molecule has 0 heterocycles. The molecule has 0 aliphatic heterocycles. The maximum Gasteiger partial charge on any atom is 0.302 e. The minimum atomic E-state index is -0.258. The fourth-order valence-corrected chi connectivity index (χ4v) is 1.66. The van der Waals surface area contributed by atoms with E-state index in [0.29, 0.717) is 6.61 Å². The van der Waals surface area contributed by atoms with Gasteiger partial charge in [-0.2, -0.15) is 0 Å². The molecule has 0 amide bonds. The van der Waals surface area contributed by atoms with Crippen molar-refractivity contribution in [3.63, 3.8) is 0 Å². The predicted octanol–water partition coefficient (Wildman–Crippen LogP) is 3.45. The van der Waals surface area contributed by atoms with Crippen LogP contribution in [0.4, 0.5) is 0 Å². The largest absolute Gasteiger partial charge is 0.464 e. The van der Waals surface area contributed by atoms with Crippen LogP contribution >= 0.6 is 31.9 Å². The lowest BCUT2D eigenvalue weighted by molar-refractivity contribution is -0.140. The molecule has 0 aromatic heterocycles. The van der Waals surface area contributed by atoms with Gasteiger partial charge in [0, 0.05) is 11.4 Å². The molecule has 0 saturated heterocycles. The van der Waals surface area contributed by atoms with E-state index in [0.717, 1.165) is 10.0 Å². The number of alkyl halides is 1. The Morgan fingerprint density at radius 1 is 1.43 bits per heavy atom. The van der Waals surface area contributed by atoms with Gasteiger partial charge in [-0.3, -0.25) is 4.79 Å². The summed E-state index contributed by atoms with van der Waals surface area (Å²) in [5, 5.41) is 0. The Morgan fingerprint density at radius 2 is 2.00 bits per heavy atom. The third kappa shape index (κ3) is 3.80. The number of carbonyl (C=O) groups excluding carboxylic acids is 1. The Hall–Kier alpha value is -0.350. The maximum absolute atomic E-state index is 10.6. The molecule has 0 radical (unpaired) electrons. The van der Waals surface area contributed by atoms with Gasteiger partial charge in [0.2, 0.25) is 0 Å². The van der Waals surface area contributed by atoms with Gasteiger partial charge in [-0.25, -0.2) is 0 Å². The van der Waals surface area contributed by atoms with E-state index in [1.54, 1.807) is 0 Å². The Balaban J connectivity index is 2.56. The van der Waals surface area contributed by atoms with E-state index in [1.807, 2.05) is 24.3 Å². The molecule has 1 atom stereocenters. The molecule has 0 aliphatic carbocycles. The highest BCUT2D eigenvalue weighted by molar-refractivity contribution is 9.10. The molecule has 76 valence electrons. The van der Waals surface area contributed by atoms with Crippen molar-refractivity contribution in [1.29, 1.82) is 0 Å². The second kappa shape index (κ2) is 5.51. The number of carbonyl (C=O) groups is 1. The van der Waals surface area contributed by atoms with Crippen molar-refractivity contribution < 1.29 is 9.53 Å². The first-order chi connectivity index (χ1) is 6.59. The van der Waals surface area contributed by atoms with E-state index >= 15 is 0 Å². The van der Waals surface area contributed by atoms with Crippen LogP contribution in [-0.4, -0.2) is 12.6 Å². The SMILES string of the molecule is CC(=O)OCC(Br)c1ccc(Br)cc1. The summed E-state index contributed by atoms with van der Waals surface area (Å²) in [7, 11) is 0. The molecule has 0 fully saturated rings. The zero-order valence-electron chi connectivity index (χ0n) is 7.67. The van der Waals surface area contributed by atoms with Crippen LogP contribution in [0.5, 0.6) is 0 Å². The summed E-state index contributed by atoms with van der Waals surface area (Å²) in [5.74, 6) is -0.258. The quantitative estimate of drug-likeness (QED) is 0.629. The summed E-state index contributed by atoms with van der Waals surface area (Å²) in [6, 6.07) is 7.87. The number of halogens is 2. The highest BCUT2D eigenvalue weighted by Gasteiger charge is 2.08. The highest BCUT2D eigenvalue weighted by Crippen LogP contribution is 2.24. The number of rotatable bonds is 3. The molecule has 0 spiro atoms. The van der Waals surface area contributed by atoms with Crippen LogP contribution in [0.1, 0.15) is 17.3 Å². The molecule has 1 aromatic carbocycles. The average molecular weight is 322 g/mol. The minimum absolute atomic E-state index is 0.0551. The van der Waals surface area contributed by atoms with Crippen molar-refractivity contribution in [2.75, 3.05) is 6.61 Å². The lowest BCUT2D eigenvalue weighted by atomic mass is 10.2. The van der Waals surface area contributed by atoms with Crippen molar-refractivity contribution in [3.8, 4) is 0 Å².